The van der Waals surface area contributed by atoms with E-state index in [9.17, 15) is 14.7 Å². The number of rotatable bonds is 10. The van der Waals surface area contributed by atoms with Crippen LogP contribution in [0.25, 0.3) is 0 Å². The number of hydrogen-bond acceptors (Lipinski definition) is 6. The smallest absolute Gasteiger partial charge is 0.407 e. The van der Waals surface area contributed by atoms with Gasteiger partial charge >= 0.3 is 12.1 Å². The second-order valence-corrected chi connectivity index (χ2v) is 9.95. The van der Waals surface area contributed by atoms with E-state index in [0.717, 1.165) is 12.8 Å². The molecular formula is C20H40N4O5. The minimum atomic E-state index is -1.42. The largest absolute Gasteiger partial charge is 0.457 e. The highest BCUT2D eigenvalue weighted by Crippen LogP contribution is 2.29. The summed E-state index contributed by atoms with van der Waals surface area (Å²) >= 11 is 0. The second kappa shape index (κ2) is 10.1. The van der Waals surface area contributed by atoms with Gasteiger partial charge in [0.1, 0.15) is 17.6 Å². The third-order valence-corrected chi connectivity index (χ3v) is 5.04. The minimum absolute atomic E-state index is 0.183. The summed E-state index contributed by atoms with van der Waals surface area (Å²) in [5, 5.41) is 22.5. The molecule has 0 bridgehead atoms. The molecule has 0 radical (unpaired) electrons. The summed E-state index contributed by atoms with van der Waals surface area (Å²) in [6.45, 7) is 14.2. The Morgan fingerprint density at radius 1 is 1.07 bits per heavy atom. The van der Waals surface area contributed by atoms with Crippen LogP contribution < -0.4 is 16.4 Å². The lowest BCUT2D eigenvalue weighted by Gasteiger charge is -2.43. The van der Waals surface area contributed by atoms with Gasteiger partial charge in [-0.25, -0.2) is 4.79 Å². The van der Waals surface area contributed by atoms with Crippen LogP contribution in [0.15, 0.2) is 0 Å². The topological polar surface area (TPSA) is 147 Å². The van der Waals surface area contributed by atoms with Crippen molar-refractivity contribution in [3.8, 4) is 0 Å². The van der Waals surface area contributed by atoms with Crippen LogP contribution in [0.3, 0.4) is 0 Å². The van der Waals surface area contributed by atoms with E-state index in [2.05, 4.69) is 31.4 Å². The van der Waals surface area contributed by atoms with Crippen molar-refractivity contribution in [2.24, 2.45) is 16.6 Å². The minimum Gasteiger partial charge on any atom is -0.457 e. The van der Waals surface area contributed by atoms with E-state index in [1.165, 1.54) is 6.92 Å². The summed E-state index contributed by atoms with van der Waals surface area (Å²) in [6, 6.07) is 0. The van der Waals surface area contributed by atoms with Crippen molar-refractivity contribution in [2.45, 2.75) is 79.4 Å². The molecule has 29 heavy (non-hydrogen) atoms. The molecule has 0 aliphatic heterocycles. The Morgan fingerprint density at radius 3 is 2.07 bits per heavy atom. The van der Waals surface area contributed by atoms with E-state index in [1.54, 1.807) is 27.7 Å². The molecule has 9 heteroatoms. The molecule has 0 heterocycles. The molecule has 6 N–H and O–H groups in total. The number of carbonyl (C=O) groups is 2. The fraction of sp³-hybridized carbons (Fsp3) is 0.850. The van der Waals surface area contributed by atoms with Gasteiger partial charge in [0.2, 0.25) is 0 Å². The number of aliphatic hydroxyl groups is 1. The van der Waals surface area contributed by atoms with Crippen LogP contribution in [0.2, 0.25) is 0 Å². The molecule has 0 aromatic heterocycles. The zero-order valence-corrected chi connectivity index (χ0v) is 19.2. The molecule has 0 spiro atoms. The molecule has 170 valence electrons. The normalized spacial score (nSPS) is 14.5. The van der Waals surface area contributed by atoms with Gasteiger partial charge in [-0.2, -0.15) is 0 Å². The summed E-state index contributed by atoms with van der Waals surface area (Å²) in [4.78, 5) is 24.6. The standard InChI is InChI=1S/C20H40N4O5/c1-17(2,3)10-9-11-23-16(27)28-13-20(8,12-25)14(26)29-19(6,7)18(4,5)24-15(21)22/h25H,9-13H2,1-8H3,(H,23,27)(H4,21,22,24). The predicted molar refractivity (Wildman–Crippen MR) is 113 cm³/mol. The van der Waals surface area contributed by atoms with E-state index in [4.69, 9.17) is 20.6 Å². The maximum Gasteiger partial charge on any atom is 0.407 e. The molecule has 0 saturated carbocycles. The van der Waals surface area contributed by atoms with Gasteiger partial charge in [-0.15, -0.1) is 0 Å². The van der Waals surface area contributed by atoms with Gasteiger partial charge in [0.15, 0.2) is 5.96 Å². The zero-order valence-electron chi connectivity index (χ0n) is 19.2. The van der Waals surface area contributed by atoms with E-state index in [0.29, 0.717) is 6.54 Å². The Labute approximate surface area is 174 Å². The lowest BCUT2D eigenvalue weighted by atomic mass is 9.84. The van der Waals surface area contributed by atoms with E-state index < -0.39 is 35.2 Å². The number of hydrogen-bond donors (Lipinski definition) is 5. The molecule has 0 rings (SSSR count). The monoisotopic (exact) mass is 416 g/mol. The molecule has 1 amide bonds. The first-order chi connectivity index (χ1) is 13.0. The van der Waals surface area contributed by atoms with Crippen LogP contribution in [-0.2, 0) is 14.3 Å². The highest BCUT2D eigenvalue weighted by atomic mass is 16.6. The summed E-state index contributed by atoms with van der Waals surface area (Å²) in [5.41, 5.74) is 2.24. The van der Waals surface area contributed by atoms with Crippen LogP contribution >= 0.6 is 0 Å². The van der Waals surface area contributed by atoms with Gasteiger partial charge in [0, 0.05) is 6.54 Å². The maximum absolute atomic E-state index is 12.7. The quantitative estimate of drug-likeness (QED) is 0.159. The highest BCUT2D eigenvalue weighted by molar-refractivity contribution is 5.78. The molecule has 1 atom stereocenters. The number of guanidine groups is 1. The number of esters is 1. The molecule has 1 unspecified atom stereocenters. The van der Waals surface area contributed by atoms with Crippen LogP contribution in [0.1, 0.15) is 68.2 Å². The number of aliphatic hydroxyl groups excluding tert-OH is 1. The summed E-state index contributed by atoms with van der Waals surface area (Å²) in [6.07, 6.45) is 1.11. The number of carbonyl (C=O) groups excluding carboxylic acids is 2. The SMILES string of the molecule is CC(C)(C)CCCNC(=O)OCC(C)(CO)C(=O)OC(C)(C)C(C)(C)NC(=N)N. The van der Waals surface area contributed by atoms with Gasteiger partial charge in [0.25, 0.3) is 0 Å². The van der Waals surface area contributed by atoms with Crippen molar-refractivity contribution in [1.29, 1.82) is 5.41 Å². The fourth-order valence-corrected chi connectivity index (χ4v) is 2.22. The zero-order chi connectivity index (χ0) is 23.1. The highest BCUT2D eigenvalue weighted by Gasteiger charge is 2.45. The Balaban J connectivity index is 4.81. The Kier molecular flexibility index (Phi) is 9.43. The molecular weight excluding hydrogens is 376 g/mol. The third-order valence-electron chi connectivity index (χ3n) is 5.04. The van der Waals surface area contributed by atoms with Crippen LogP contribution in [-0.4, -0.2) is 54.0 Å². The van der Waals surface area contributed by atoms with Crippen LogP contribution in [0, 0.1) is 16.2 Å². The van der Waals surface area contributed by atoms with E-state index in [-0.39, 0.29) is 18.0 Å². The second-order valence-electron chi connectivity index (χ2n) is 9.95. The number of nitrogens with two attached hydrogens (primary N) is 1. The first-order valence-corrected chi connectivity index (χ1v) is 9.83. The number of amides is 1. The number of nitrogens with one attached hydrogen (secondary N) is 3. The Bertz CT molecular complexity index is 584. The Morgan fingerprint density at radius 2 is 1.62 bits per heavy atom. The summed E-state index contributed by atoms with van der Waals surface area (Å²) in [7, 11) is 0. The van der Waals surface area contributed by atoms with Crippen molar-refractivity contribution >= 4 is 18.0 Å². The van der Waals surface area contributed by atoms with Crippen LogP contribution in [0.5, 0.6) is 0 Å². The van der Waals surface area contributed by atoms with Crippen molar-refractivity contribution in [3.63, 3.8) is 0 Å². The maximum atomic E-state index is 12.7. The first kappa shape index (κ1) is 27.0. The lowest BCUT2D eigenvalue weighted by molar-refractivity contribution is -0.179. The van der Waals surface area contributed by atoms with E-state index >= 15 is 0 Å². The van der Waals surface area contributed by atoms with Gasteiger partial charge in [-0.3, -0.25) is 10.2 Å². The average molecular weight is 417 g/mol. The van der Waals surface area contributed by atoms with Crippen molar-refractivity contribution in [2.75, 3.05) is 19.8 Å². The number of alkyl carbamates (subject to hydrolysis) is 1. The van der Waals surface area contributed by atoms with Crippen molar-refractivity contribution < 1.29 is 24.2 Å². The van der Waals surface area contributed by atoms with Gasteiger partial charge in [0.05, 0.1) is 12.1 Å². The van der Waals surface area contributed by atoms with Crippen molar-refractivity contribution in [1.82, 2.24) is 10.6 Å². The van der Waals surface area contributed by atoms with Gasteiger partial charge in [-0.1, -0.05) is 20.8 Å². The predicted octanol–water partition coefficient (Wildman–Crippen LogP) is 2.12. The van der Waals surface area contributed by atoms with E-state index in [1.807, 2.05) is 0 Å². The molecule has 0 fully saturated rings. The molecule has 0 aliphatic carbocycles. The summed E-state index contributed by atoms with van der Waals surface area (Å²) < 4.78 is 10.7. The molecule has 0 aromatic carbocycles. The third kappa shape index (κ3) is 9.34. The average Bonchev–Trinajstić information content (AvgIpc) is 2.54. The Hall–Kier alpha value is -2.03. The van der Waals surface area contributed by atoms with Crippen LogP contribution in [0.4, 0.5) is 4.79 Å². The molecule has 0 aliphatic rings. The number of ether oxygens (including phenoxy) is 2. The first-order valence-electron chi connectivity index (χ1n) is 9.83. The van der Waals surface area contributed by atoms with Gasteiger partial charge < -0.3 is 30.9 Å². The van der Waals surface area contributed by atoms with Crippen molar-refractivity contribution in [3.05, 3.63) is 0 Å². The molecule has 0 saturated heterocycles. The summed E-state index contributed by atoms with van der Waals surface area (Å²) in [5.74, 6) is -0.973. The fourth-order valence-electron chi connectivity index (χ4n) is 2.22. The lowest BCUT2D eigenvalue weighted by Crippen LogP contribution is -2.61. The molecule has 9 nitrogen and oxygen atoms in total. The molecule has 0 aromatic rings. The van der Waals surface area contributed by atoms with Gasteiger partial charge in [-0.05, 0) is 52.9 Å².